The van der Waals surface area contributed by atoms with E-state index in [4.69, 9.17) is 5.26 Å². The van der Waals surface area contributed by atoms with Gasteiger partial charge in [-0.25, -0.2) is 0 Å². The average Bonchev–Trinajstić information content (AvgIpc) is 2.32. The van der Waals surface area contributed by atoms with Crippen LogP contribution in [0.4, 0.5) is 0 Å². The molecule has 4 bridgehead atoms. The predicted molar refractivity (Wildman–Crippen MR) is 73.1 cm³/mol. The minimum absolute atomic E-state index is 0.154. The van der Waals surface area contributed by atoms with E-state index in [-0.39, 0.29) is 11.4 Å². The molecule has 0 atom stereocenters. The van der Waals surface area contributed by atoms with Crippen LogP contribution in [0.3, 0.4) is 0 Å². The second-order valence-electron chi connectivity index (χ2n) is 7.11. The summed E-state index contributed by atoms with van der Waals surface area (Å²) in [6.07, 6.45) is 10.8. The summed E-state index contributed by atoms with van der Waals surface area (Å²) in [6.45, 7) is 0. The minimum Gasteiger partial charge on any atom is -0.351 e. The average molecular weight is 260 g/mol. The Bertz CT molecular complexity index is 361. The van der Waals surface area contributed by atoms with Gasteiger partial charge in [0.25, 0.3) is 0 Å². The molecule has 4 fully saturated rings. The lowest BCUT2D eigenvalue weighted by molar-refractivity contribution is -0.126. The summed E-state index contributed by atoms with van der Waals surface area (Å²) >= 11 is 0. The summed E-state index contributed by atoms with van der Waals surface area (Å²) in [7, 11) is 0. The zero-order valence-electron chi connectivity index (χ0n) is 11.7. The summed E-state index contributed by atoms with van der Waals surface area (Å²) in [5.41, 5.74) is 0.154. The predicted octanol–water partition coefficient (Wildman–Crippen LogP) is 3.16. The molecule has 0 saturated heterocycles. The fourth-order valence-corrected chi connectivity index (χ4v) is 5.11. The summed E-state index contributed by atoms with van der Waals surface area (Å²) in [5.74, 6) is 2.86. The number of nitriles is 1. The molecule has 4 aliphatic carbocycles. The van der Waals surface area contributed by atoms with Crippen molar-refractivity contribution < 1.29 is 4.79 Å². The first-order valence-electron chi connectivity index (χ1n) is 7.87. The molecule has 104 valence electrons. The highest BCUT2D eigenvalue weighted by molar-refractivity contribution is 5.76. The molecule has 3 heteroatoms. The molecule has 0 spiro atoms. The quantitative estimate of drug-likeness (QED) is 0.772. The van der Waals surface area contributed by atoms with Crippen LogP contribution in [0.5, 0.6) is 0 Å². The first-order chi connectivity index (χ1) is 9.19. The van der Waals surface area contributed by atoms with E-state index in [1.165, 1.54) is 38.5 Å². The monoisotopic (exact) mass is 260 g/mol. The van der Waals surface area contributed by atoms with Crippen molar-refractivity contribution in [1.29, 1.82) is 5.26 Å². The molecular weight excluding hydrogens is 236 g/mol. The van der Waals surface area contributed by atoms with Gasteiger partial charge in [-0.3, -0.25) is 4.79 Å². The van der Waals surface area contributed by atoms with Gasteiger partial charge in [0.1, 0.15) is 0 Å². The zero-order valence-corrected chi connectivity index (χ0v) is 11.7. The molecule has 0 aliphatic heterocycles. The maximum atomic E-state index is 12.1. The van der Waals surface area contributed by atoms with Crippen LogP contribution in [-0.4, -0.2) is 11.4 Å². The Kier molecular flexibility index (Phi) is 3.52. The molecule has 3 nitrogen and oxygen atoms in total. The third kappa shape index (κ3) is 2.78. The smallest absolute Gasteiger partial charge is 0.220 e. The summed E-state index contributed by atoms with van der Waals surface area (Å²) < 4.78 is 0. The van der Waals surface area contributed by atoms with Gasteiger partial charge in [-0.1, -0.05) is 0 Å². The number of rotatable bonds is 5. The molecule has 0 radical (unpaired) electrons. The van der Waals surface area contributed by atoms with Crippen LogP contribution in [0.15, 0.2) is 0 Å². The molecule has 1 N–H and O–H groups in total. The van der Waals surface area contributed by atoms with Crippen LogP contribution in [0.25, 0.3) is 0 Å². The molecule has 0 heterocycles. The fraction of sp³-hybridized carbons (Fsp3) is 0.875. The SMILES string of the molecule is N#CCCCCC(=O)NC12CC3CC(CC(C3)C1)C2. The number of nitrogens with one attached hydrogen (secondary N) is 1. The second kappa shape index (κ2) is 5.15. The highest BCUT2D eigenvalue weighted by Gasteiger charge is 2.51. The van der Waals surface area contributed by atoms with E-state index in [0.29, 0.717) is 12.8 Å². The molecule has 4 aliphatic rings. The normalized spacial score (nSPS) is 39.0. The number of hydrogen-bond acceptors (Lipinski definition) is 2. The Morgan fingerprint density at radius 2 is 1.68 bits per heavy atom. The first-order valence-corrected chi connectivity index (χ1v) is 7.87. The van der Waals surface area contributed by atoms with Gasteiger partial charge in [0.15, 0.2) is 0 Å². The number of amides is 1. The van der Waals surface area contributed by atoms with E-state index < -0.39 is 0 Å². The van der Waals surface area contributed by atoms with E-state index in [0.717, 1.165) is 30.6 Å². The Morgan fingerprint density at radius 3 is 2.21 bits per heavy atom. The summed E-state index contributed by atoms with van der Waals surface area (Å²) in [6, 6.07) is 2.14. The van der Waals surface area contributed by atoms with Crippen LogP contribution in [-0.2, 0) is 4.79 Å². The van der Waals surface area contributed by atoms with Gasteiger partial charge in [-0.2, -0.15) is 5.26 Å². The minimum atomic E-state index is 0.154. The summed E-state index contributed by atoms with van der Waals surface area (Å²) in [5, 5.41) is 11.9. The fourth-order valence-electron chi connectivity index (χ4n) is 5.11. The van der Waals surface area contributed by atoms with Crippen molar-refractivity contribution in [3.8, 4) is 6.07 Å². The largest absolute Gasteiger partial charge is 0.351 e. The Hall–Kier alpha value is -1.04. The molecule has 4 rings (SSSR count). The van der Waals surface area contributed by atoms with Gasteiger partial charge in [0.05, 0.1) is 6.07 Å². The lowest BCUT2D eigenvalue weighted by Gasteiger charge is -2.56. The van der Waals surface area contributed by atoms with Gasteiger partial charge < -0.3 is 5.32 Å². The third-order valence-corrected chi connectivity index (χ3v) is 5.39. The molecule has 0 unspecified atom stereocenters. The van der Waals surface area contributed by atoms with Gasteiger partial charge in [-0.15, -0.1) is 0 Å². The van der Waals surface area contributed by atoms with Crippen molar-refractivity contribution in [3.63, 3.8) is 0 Å². The van der Waals surface area contributed by atoms with Crippen molar-refractivity contribution in [2.75, 3.05) is 0 Å². The van der Waals surface area contributed by atoms with Crippen LogP contribution in [0.2, 0.25) is 0 Å². The van der Waals surface area contributed by atoms with E-state index in [9.17, 15) is 4.79 Å². The maximum Gasteiger partial charge on any atom is 0.220 e. The lowest BCUT2D eigenvalue weighted by atomic mass is 9.53. The Morgan fingerprint density at radius 1 is 1.11 bits per heavy atom. The number of carbonyl (C=O) groups is 1. The van der Waals surface area contributed by atoms with E-state index in [1.54, 1.807) is 0 Å². The van der Waals surface area contributed by atoms with Gasteiger partial charge in [0.2, 0.25) is 5.91 Å². The molecule has 1 amide bonds. The van der Waals surface area contributed by atoms with Gasteiger partial charge >= 0.3 is 0 Å². The third-order valence-electron chi connectivity index (χ3n) is 5.39. The van der Waals surface area contributed by atoms with Crippen LogP contribution in [0.1, 0.15) is 64.2 Å². The molecule has 0 aromatic heterocycles. The molecule has 4 saturated carbocycles. The molecule has 0 aromatic rings. The number of hydrogen-bond donors (Lipinski definition) is 1. The van der Waals surface area contributed by atoms with E-state index in [1.807, 2.05) is 0 Å². The first kappa shape index (κ1) is 13.0. The summed E-state index contributed by atoms with van der Waals surface area (Å²) in [4.78, 5) is 12.1. The number of unbranched alkanes of at least 4 members (excludes halogenated alkanes) is 2. The number of carbonyl (C=O) groups excluding carboxylic acids is 1. The zero-order chi connectivity index (χ0) is 13.3. The van der Waals surface area contributed by atoms with Crippen molar-refractivity contribution in [2.24, 2.45) is 17.8 Å². The van der Waals surface area contributed by atoms with E-state index in [2.05, 4.69) is 11.4 Å². The maximum absolute atomic E-state index is 12.1. The van der Waals surface area contributed by atoms with Crippen LogP contribution >= 0.6 is 0 Å². The highest BCUT2D eigenvalue weighted by atomic mass is 16.1. The van der Waals surface area contributed by atoms with Crippen molar-refractivity contribution in [1.82, 2.24) is 5.32 Å². The van der Waals surface area contributed by atoms with Gasteiger partial charge in [0, 0.05) is 18.4 Å². The van der Waals surface area contributed by atoms with E-state index >= 15 is 0 Å². The molecule has 0 aromatic carbocycles. The lowest BCUT2D eigenvalue weighted by Crippen LogP contribution is -2.59. The second-order valence-corrected chi connectivity index (χ2v) is 7.11. The number of nitrogens with zero attached hydrogens (tertiary/aromatic N) is 1. The van der Waals surface area contributed by atoms with Crippen molar-refractivity contribution in [3.05, 3.63) is 0 Å². The molecular formula is C16H24N2O. The Balaban J connectivity index is 1.52. The molecule has 19 heavy (non-hydrogen) atoms. The van der Waals surface area contributed by atoms with Crippen LogP contribution in [0, 0.1) is 29.1 Å². The van der Waals surface area contributed by atoms with Crippen molar-refractivity contribution >= 4 is 5.91 Å². The highest BCUT2D eigenvalue weighted by Crippen LogP contribution is 2.55. The van der Waals surface area contributed by atoms with Crippen LogP contribution < -0.4 is 5.32 Å². The topological polar surface area (TPSA) is 52.9 Å². The Labute approximate surface area is 115 Å². The standard InChI is InChI=1S/C16H24N2O/c17-5-3-1-2-4-15(19)18-16-9-12-6-13(10-16)8-14(7-12)11-16/h12-14H,1-4,6-11H2,(H,18,19). The van der Waals surface area contributed by atoms with Gasteiger partial charge in [-0.05, 0) is 69.1 Å². The van der Waals surface area contributed by atoms with Crippen molar-refractivity contribution in [2.45, 2.75) is 69.7 Å².